The fourth-order valence-corrected chi connectivity index (χ4v) is 4.99. The van der Waals surface area contributed by atoms with Crippen molar-refractivity contribution in [2.45, 2.75) is 106 Å². The van der Waals surface area contributed by atoms with Crippen LogP contribution < -0.4 is 10.2 Å². The third-order valence-electron chi connectivity index (χ3n) is 7.71. The van der Waals surface area contributed by atoms with Gasteiger partial charge in [0.15, 0.2) is 5.82 Å². The summed E-state index contributed by atoms with van der Waals surface area (Å²) in [4.78, 5) is 36.2. The number of esters is 1. The topological polar surface area (TPSA) is 151 Å². The zero-order valence-corrected chi connectivity index (χ0v) is 29.6. The molecule has 0 spiro atoms. The second-order valence-corrected chi connectivity index (χ2v) is 13.1. The fourth-order valence-electron chi connectivity index (χ4n) is 4.99. The Kier molecular flexibility index (Phi) is 14.7. The Morgan fingerprint density at radius 1 is 1.02 bits per heavy atom. The first-order valence-electron chi connectivity index (χ1n) is 17.1. The van der Waals surface area contributed by atoms with E-state index in [0.29, 0.717) is 43.1 Å². The highest BCUT2D eigenvalue weighted by Gasteiger charge is 2.24. The van der Waals surface area contributed by atoms with Gasteiger partial charge in [0, 0.05) is 43.0 Å². The monoisotopic (exact) mass is 657 g/mol. The average Bonchev–Trinajstić information content (AvgIpc) is 3.44. The van der Waals surface area contributed by atoms with Crippen LogP contribution in [0.2, 0.25) is 0 Å². The van der Waals surface area contributed by atoms with Crippen LogP contribution in [0, 0.1) is 16.7 Å². The standard InChI is InChI=1S/C36H51N9O3/c1-8-10-11-12-13-14-22-44(23-15-17-31(46)48-9-2)27-18-19-29(30(24-27)40-34(47)36(5,6)7)41-42-33-28(25-37)32(26(3)4)43-45(33)35-38-20-16-21-39-35/h16,18-21,24,26H,8-15,17,22-23H2,1-7H3,(H,40,47). The summed E-state index contributed by atoms with van der Waals surface area (Å²) >= 11 is 0. The van der Waals surface area contributed by atoms with Crippen LogP contribution in [0.3, 0.4) is 0 Å². The van der Waals surface area contributed by atoms with Gasteiger partial charge in [-0.3, -0.25) is 9.59 Å². The highest BCUT2D eigenvalue weighted by atomic mass is 16.5. The molecule has 2 aromatic heterocycles. The quantitative estimate of drug-likeness (QED) is 0.0812. The lowest BCUT2D eigenvalue weighted by molar-refractivity contribution is -0.143. The first kappa shape index (κ1) is 37.8. The molecule has 0 aliphatic rings. The number of carbonyl (C=O) groups is 2. The lowest BCUT2D eigenvalue weighted by Gasteiger charge is -2.26. The van der Waals surface area contributed by atoms with Gasteiger partial charge >= 0.3 is 5.97 Å². The normalized spacial score (nSPS) is 11.6. The minimum absolute atomic E-state index is 0.0547. The van der Waals surface area contributed by atoms with Crippen LogP contribution in [0.15, 0.2) is 46.9 Å². The van der Waals surface area contributed by atoms with Crippen LogP contribution in [-0.2, 0) is 14.3 Å². The van der Waals surface area contributed by atoms with Gasteiger partial charge in [0.2, 0.25) is 5.91 Å². The van der Waals surface area contributed by atoms with Crippen molar-refractivity contribution >= 4 is 34.8 Å². The number of benzene rings is 1. The maximum absolute atomic E-state index is 13.2. The predicted octanol–water partition coefficient (Wildman–Crippen LogP) is 8.57. The molecule has 0 atom stereocenters. The lowest BCUT2D eigenvalue weighted by Crippen LogP contribution is -2.28. The van der Waals surface area contributed by atoms with Crippen LogP contribution in [0.5, 0.6) is 0 Å². The summed E-state index contributed by atoms with van der Waals surface area (Å²) in [5, 5.41) is 26.8. The Morgan fingerprint density at radius 3 is 2.35 bits per heavy atom. The van der Waals surface area contributed by atoms with E-state index in [-0.39, 0.29) is 35.1 Å². The van der Waals surface area contributed by atoms with Gasteiger partial charge in [-0.25, -0.2) is 9.97 Å². The molecule has 0 radical (unpaired) electrons. The van der Waals surface area contributed by atoms with E-state index in [2.05, 4.69) is 48.5 Å². The van der Waals surface area contributed by atoms with Crippen LogP contribution in [0.4, 0.5) is 22.9 Å². The highest BCUT2D eigenvalue weighted by molar-refractivity contribution is 5.97. The number of carbonyl (C=O) groups excluding carboxylic acids is 2. The van der Waals surface area contributed by atoms with E-state index in [9.17, 15) is 14.9 Å². The van der Waals surface area contributed by atoms with Crippen molar-refractivity contribution < 1.29 is 14.3 Å². The lowest BCUT2D eigenvalue weighted by atomic mass is 9.95. The van der Waals surface area contributed by atoms with E-state index in [1.54, 1.807) is 18.5 Å². The summed E-state index contributed by atoms with van der Waals surface area (Å²) in [6.07, 6.45) is 11.1. The zero-order chi connectivity index (χ0) is 35.1. The van der Waals surface area contributed by atoms with Gasteiger partial charge in [-0.05, 0) is 49.9 Å². The number of aromatic nitrogens is 4. The van der Waals surface area contributed by atoms with E-state index in [4.69, 9.17) is 4.74 Å². The molecule has 1 N–H and O–H groups in total. The third kappa shape index (κ3) is 11.0. The predicted molar refractivity (Wildman–Crippen MR) is 188 cm³/mol. The van der Waals surface area contributed by atoms with Crippen molar-refractivity contribution in [1.29, 1.82) is 5.26 Å². The van der Waals surface area contributed by atoms with Crippen molar-refractivity contribution in [3.63, 3.8) is 0 Å². The Balaban J connectivity index is 2.02. The van der Waals surface area contributed by atoms with E-state index in [1.807, 2.05) is 59.7 Å². The SMILES string of the molecule is CCCCCCCCN(CCCC(=O)OCC)c1ccc(N=Nc2c(C#N)c(C(C)C)nn2-c2ncccn2)c(NC(=O)C(C)(C)C)c1. The maximum atomic E-state index is 13.2. The molecule has 258 valence electrons. The van der Waals surface area contributed by atoms with Gasteiger partial charge in [-0.2, -0.15) is 15.0 Å². The smallest absolute Gasteiger partial charge is 0.305 e. The molecule has 0 aliphatic carbocycles. The molecular formula is C36H51N9O3. The number of nitriles is 1. The summed E-state index contributed by atoms with van der Waals surface area (Å²) in [5.74, 6) is 0.0284. The molecule has 0 saturated carbocycles. The van der Waals surface area contributed by atoms with Crippen LogP contribution in [0.1, 0.15) is 117 Å². The van der Waals surface area contributed by atoms with Crippen molar-refractivity contribution in [1.82, 2.24) is 19.7 Å². The van der Waals surface area contributed by atoms with Crippen LogP contribution in [0.25, 0.3) is 5.95 Å². The van der Waals surface area contributed by atoms with Crippen LogP contribution in [-0.4, -0.2) is 51.3 Å². The first-order valence-corrected chi connectivity index (χ1v) is 17.1. The molecular weight excluding hydrogens is 606 g/mol. The number of nitrogens with one attached hydrogen (secondary N) is 1. The Morgan fingerprint density at radius 2 is 1.71 bits per heavy atom. The third-order valence-corrected chi connectivity index (χ3v) is 7.71. The molecule has 0 unspecified atom stereocenters. The number of rotatable bonds is 18. The van der Waals surface area contributed by atoms with Crippen molar-refractivity contribution in [3.05, 3.63) is 47.9 Å². The van der Waals surface area contributed by atoms with Crippen LogP contribution >= 0.6 is 0 Å². The summed E-state index contributed by atoms with van der Waals surface area (Å²) in [5.41, 5.74) is 1.98. The molecule has 12 nitrogen and oxygen atoms in total. The number of anilines is 2. The summed E-state index contributed by atoms with van der Waals surface area (Å²) in [6.45, 7) is 15.3. The largest absolute Gasteiger partial charge is 0.466 e. The molecule has 48 heavy (non-hydrogen) atoms. The summed E-state index contributed by atoms with van der Waals surface area (Å²) < 4.78 is 6.57. The summed E-state index contributed by atoms with van der Waals surface area (Å²) in [7, 11) is 0. The number of hydrogen-bond donors (Lipinski definition) is 1. The second kappa shape index (κ2) is 18.6. The number of ether oxygens (including phenoxy) is 1. The van der Waals surface area contributed by atoms with Gasteiger partial charge in [-0.1, -0.05) is 73.6 Å². The Bertz CT molecular complexity index is 1550. The maximum Gasteiger partial charge on any atom is 0.305 e. The van der Waals surface area contributed by atoms with E-state index in [0.717, 1.165) is 25.1 Å². The molecule has 0 saturated heterocycles. The molecule has 0 bridgehead atoms. The number of hydrogen-bond acceptors (Lipinski definition) is 10. The molecule has 1 aromatic carbocycles. The molecule has 0 fully saturated rings. The first-order chi connectivity index (χ1) is 23.0. The van der Waals surface area contributed by atoms with Gasteiger partial charge < -0.3 is 15.0 Å². The number of nitrogens with zero attached hydrogens (tertiary/aromatic N) is 8. The number of azo groups is 1. The van der Waals surface area contributed by atoms with E-state index < -0.39 is 5.41 Å². The van der Waals surface area contributed by atoms with Gasteiger partial charge in [0.1, 0.15) is 17.3 Å². The van der Waals surface area contributed by atoms with Gasteiger partial charge in [0.05, 0.1) is 18.0 Å². The Hall–Kier alpha value is -4.66. The van der Waals surface area contributed by atoms with E-state index in [1.165, 1.54) is 30.4 Å². The minimum Gasteiger partial charge on any atom is -0.466 e. The van der Waals surface area contributed by atoms with Crippen molar-refractivity contribution in [2.75, 3.05) is 29.9 Å². The molecule has 12 heteroatoms. The molecule has 3 rings (SSSR count). The van der Waals surface area contributed by atoms with Crippen molar-refractivity contribution in [3.8, 4) is 12.0 Å². The fraction of sp³-hybridized carbons (Fsp3) is 0.556. The molecule has 3 aromatic rings. The molecule has 0 aliphatic heterocycles. The molecule has 2 heterocycles. The average molecular weight is 658 g/mol. The van der Waals surface area contributed by atoms with E-state index >= 15 is 0 Å². The second-order valence-electron chi connectivity index (χ2n) is 13.1. The highest BCUT2D eigenvalue weighted by Crippen LogP contribution is 2.35. The van der Waals surface area contributed by atoms with Gasteiger partial charge in [0.25, 0.3) is 5.95 Å². The van der Waals surface area contributed by atoms with Gasteiger partial charge in [-0.15, -0.1) is 10.2 Å². The summed E-state index contributed by atoms with van der Waals surface area (Å²) in [6, 6.07) is 9.59. The number of unbranched alkanes of at least 4 members (excludes halogenated alkanes) is 5. The molecule has 1 amide bonds. The Labute approximate surface area is 285 Å². The zero-order valence-electron chi connectivity index (χ0n) is 29.6. The minimum atomic E-state index is -0.661. The van der Waals surface area contributed by atoms with Crippen molar-refractivity contribution in [2.24, 2.45) is 15.6 Å². The number of amides is 1.